The van der Waals surface area contributed by atoms with Gasteiger partial charge in [-0.05, 0) is 32.1 Å². The van der Waals surface area contributed by atoms with E-state index < -0.39 is 0 Å². The van der Waals surface area contributed by atoms with Gasteiger partial charge in [-0.3, -0.25) is 0 Å². The van der Waals surface area contributed by atoms with Crippen LogP contribution in [0.1, 0.15) is 40.0 Å². The molecule has 0 aromatic rings. The zero-order chi connectivity index (χ0) is 8.48. The van der Waals surface area contributed by atoms with E-state index in [1.807, 2.05) is 6.92 Å². The highest BCUT2D eigenvalue weighted by Crippen LogP contribution is 2.42. The first kappa shape index (κ1) is 8.79. The third-order valence-electron chi connectivity index (χ3n) is 2.79. The molecule has 1 rings (SSSR count). The van der Waals surface area contributed by atoms with Crippen molar-refractivity contribution >= 4 is 0 Å². The summed E-state index contributed by atoms with van der Waals surface area (Å²) in [5.41, 5.74) is 7.58. The van der Waals surface area contributed by atoms with Crippen LogP contribution in [-0.4, -0.2) is 6.04 Å². The van der Waals surface area contributed by atoms with Gasteiger partial charge in [-0.1, -0.05) is 25.0 Å². The van der Waals surface area contributed by atoms with E-state index in [2.05, 4.69) is 19.9 Å². The van der Waals surface area contributed by atoms with E-state index in [-0.39, 0.29) is 6.04 Å². The zero-order valence-corrected chi connectivity index (χ0v) is 7.85. The van der Waals surface area contributed by atoms with Gasteiger partial charge >= 0.3 is 0 Å². The molecule has 0 bridgehead atoms. The third-order valence-corrected chi connectivity index (χ3v) is 2.79. The Morgan fingerprint density at radius 2 is 2.09 bits per heavy atom. The largest absolute Gasteiger partial charge is 0.324 e. The van der Waals surface area contributed by atoms with Crippen LogP contribution in [0.15, 0.2) is 11.6 Å². The molecule has 64 valence electrons. The second kappa shape index (κ2) is 2.98. The van der Waals surface area contributed by atoms with Gasteiger partial charge in [-0.2, -0.15) is 0 Å². The summed E-state index contributed by atoms with van der Waals surface area (Å²) in [7, 11) is 0. The lowest BCUT2D eigenvalue weighted by Crippen LogP contribution is -2.26. The van der Waals surface area contributed by atoms with Crippen molar-refractivity contribution in [1.29, 1.82) is 0 Å². The first-order chi connectivity index (χ1) is 5.03. The number of hydrogen-bond donors (Lipinski definition) is 1. The molecule has 0 aromatic heterocycles. The number of hydrogen-bond acceptors (Lipinski definition) is 1. The quantitative estimate of drug-likeness (QED) is 0.606. The Hall–Kier alpha value is -0.300. The Kier molecular flexibility index (Phi) is 2.38. The summed E-state index contributed by atoms with van der Waals surface area (Å²) in [5, 5.41) is 0. The molecule has 0 aliphatic heterocycles. The van der Waals surface area contributed by atoms with Gasteiger partial charge in [0.05, 0.1) is 0 Å². The maximum Gasteiger partial charge on any atom is 0.0222 e. The van der Waals surface area contributed by atoms with Gasteiger partial charge < -0.3 is 5.73 Å². The Labute approximate surface area is 69.7 Å². The minimum atomic E-state index is 0.229. The number of nitrogens with two attached hydrogens (primary N) is 1. The summed E-state index contributed by atoms with van der Waals surface area (Å²) in [4.78, 5) is 0. The molecule has 1 nitrogen and oxygen atoms in total. The van der Waals surface area contributed by atoms with Crippen LogP contribution in [0.4, 0.5) is 0 Å². The van der Waals surface area contributed by atoms with Gasteiger partial charge in [-0.25, -0.2) is 0 Å². The average molecular weight is 153 g/mol. The Bertz CT molecular complexity index is 164. The van der Waals surface area contributed by atoms with Crippen molar-refractivity contribution in [3.05, 3.63) is 11.6 Å². The van der Waals surface area contributed by atoms with Gasteiger partial charge in [0, 0.05) is 6.04 Å². The first-order valence-corrected chi connectivity index (χ1v) is 4.48. The van der Waals surface area contributed by atoms with Crippen LogP contribution >= 0.6 is 0 Å². The maximum absolute atomic E-state index is 5.75. The molecule has 1 unspecified atom stereocenters. The monoisotopic (exact) mass is 153 g/mol. The molecule has 0 spiro atoms. The minimum absolute atomic E-state index is 0.229. The molecule has 0 aromatic carbocycles. The molecule has 0 amide bonds. The molecule has 1 saturated carbocycles. The molecule has 1 heteroatoms. The standard InChI is InChI=1S/C10H19N/c1-8(9(2)11)7-10(3)5-4-6-10/h7,9H,4-6,11H2,1-3H3/b8-7+. The zero-order valence-electron chi connectivity index (χ0n) is 7.85. The van der Waals surface area contributed by atoms with Gasteiger partial charge in [0.25, 0.3) is 0 Å². The molecule has 1 aliphatic rings. The molecule has 0 saturated heterocycles. The third kappa shape index (κ3) is 2.06. The van der Waals surface area contributed by atoms with Crippen LogP contribution in [0.25, 0.3) is 0 Å². The highest BCUT2D eigenvalue weighted by Gasteiger charge is 2.29. The van der Waals surface area contributed by atoms with Crippen molar-refractivity contribution in [2.45, 2.75) is 46.1 Å². The van der Waals surface area contributed by atoms with Crippen molar-refractivity contribution in [3.8, 4) is 0 Å². The molecular formula is C10H19N. The fourth-order valence-electron chi connectivity index (χ4n) is 1.56. The summed E-state index contributed by atoms with van der Waals surface area (Å²) in [5.74, 6) is 0. The Morgan fingerprint density at radius 3 is 2.36 bits per heavy atom. The fourth-order valence-corrected chi connectivity index (χ4v) is 1.56. The molecule has 1 atom stereocenters. The molecular weight excluding hydrogens is 134 g/mol. The molecule has 11 heavy (non-hydrogen) atoms. The van der Waals surface area contributed by atoms with E-state index in [0.29, 0.717) is 5.41 Å². The van der Waals surface area contributed by atoms with Crippen LogP contribution in [0.2, 0.25) is 0 Å². The van der Waals surface area contributed by atoms with Crippen molar-refractivity contribution < 1.29 is 0 Å². The number of allylic oxidation sites excluding steroid dienone is 1. The highest BCUT2D eigenvalue weighted by atomic mass is 14.6. The van der Waals surface area contributed by atoms with E-state index in [4.69, 9.17) is 5.73 Å². The predicted molar refractivity (Wildman–Crippen MR) is 49.4 cm³/mol. The summed E-state index contributed by atoms with van der Waals surface area (Å²) < 4.78 is 0. The summed E-state index contributed by atoms with van der Waals surface area (Å²) in [6.07, 6.45) is 6.44. The van der Waals surface area contributed by atoms with Crippen LogP contribution in [-0.2, 0) is 0 Å². The van der Waals surface area contributed by atoms with Gasteiger partial charge in [0.1, 0.15) is 0 Å². The predicted octanol–water partition coefficient (Wildman–Crippen LogP) is 2.47. The normalized spacial score (nSPS) is 26.0. The van der Waals surface area contributed by atoms with Crippen LogP contribution in [0, 0.1) is 5.41 Å². The fraction of sp³-hybridized carbons (Fsp3) is 0.800. The number of rotatable bonds is 2. The summed E-state index contributed by atoms with van der Waals surface area (Å²) in [6.45, 7) is 6.50. The summed E-state index contributed by atoms with van der Waals surface area (Å²) >= 11 is 0. The topological polar surface area (TPSA) is 26.0 Å². The van der Waals surface area contributed by atoms with E-state index in [1.165, 1.54) is 24.8 Å². The smallest absolute Gasteiger partial charge is 0.0222 e. The van der Waals surface area contributed by atoms with Crippen molar-refractivity contribution in [2.24, 2.45) is 11.1 Å². The van der Waals surface area contributed by atoms with Gasteiger partial charge in [-0.15, -0.1) is 0 Å². The summed E-state index contributed by atoms with van der Waals surface area (Å²) in [6, 6.07) is 0.229. The molecule has 2 N–H and O–H groups in total. The van der Waals surface area contributed by atoms with E-state index in [0.717, 1.165) is 0 Å². The second-order valence-corrected chi connectivity index (χ2v) is 4.18. The molecule has 1 fully saturated rings. The van der Waals surface area contributed by atoms with Crippen LogP contribution in [0.5, 0.6) is 0 Å². The Morgan fingerprint density at radius 1 is 1.55 bits per heavy atom. The highest BCUT2D eigenvalue weighted by molar-refractivity contribution is 5.13. The second-order valence-electron chi connectivity index (χ2n) is 4.18. The SMILES string of the molecule is C/C(=C\C1(C)CCC1)C(C)N. The molecule has 1 aliphatic carbocycles. The lowest BCUT2D eigenvalue weighted by atomic mass is 9.69. The van der Waals surface area contributed by atoms with Crippen LogP contribution in [0.3, 0.4) is 0 Å². The lowest BCUT2D eigenvalue weighted by molar-refractivity contribution is 0.231. The Balaban J connectivity index is 2.56. The maximum atomic E-state index is 5.75. The van der Waals surface area contributed by atoms with Crippen molar-refractivity contribution in [1.82, 2.24) is 0 Å². The van der Waals surface area contributed by atoms with Crippen molar-refractivity contribution in [2.75, 3.05) is 0 Å². The average Bonchev–Trinajstić information content (AvgIpc) is 1.84. The van der Waals surface area contributed by atoms with E-state index >= 15 is 0 Å². The molecule has 0 radical (unpaired) electrons. The van der Waals surface area contributed by atoms with E-state index in [9.17, 15) is 0 Å². The molecule has 0 heterocycles. The van der Waals surface area contributed by atoms with Crippen LogP contribution < -0.4 is 5.73 Å². The van der Waals surface area contributed by atoms with E-state index in [1.54, 1.807) is 0 Å². The lowest BCUT2D eigenvalue weighted by Gasteiger charge is -2.36. The van der Waals surface area contributed by atoms with Gasteiger partial charge in [0.15, 0.2) is 0 Å². The van der Waals surface area contributed by atoms with Crippen molar-refractivity contribution in [3.63, 3.8) is 0 Å². The first-order valence-electron chi connectivity index (χ1n) is 4.48. The van der Waals surface area contributed by atoms with Gasteiger partial charge in [0.2, 0.25) is 0 Å². The minimum Gasteiger partial charge on any atom is -0.324 e.